The molecule has 0 fully saturated rings. The topological polar surface area (TPSA) is 73.6 Å². The number of hydrogen-bond acceptors (Lipinski definition) is 5. The molecule has 0 aliphatic carbocycles. The molecule has 5 nitrogen and oxygen atoms in total. The summed E-state index contributed by atoms with van der Waals surface area (Å²) in [6.45, 7) is 8.48. The Labute approximate surface area is 102 Å². The Morgan fingerprint density at radius 3 is 2.59 bits per heavy atom. The van der Waals surface area contributed by atoms with E-state index in [1.807, 2.05) is 13.8 Å². The molecular formula is C12H19N5. The van der Waals surface area contributed by atoms with Gasteiger partial charge in [0, 0.05) is 13.1 Å². The predicted octanol–water partition coefficient (Wildman–Crippen LogP) is 1.38. The van der Waals surface area contributed by atoms with E-state index in [9.17, 15) is 0 Å². The van der Waals surface area contributed by atoms with Crippen LogP contribution in [-0.4, -0.2) is 29.8 Å². The van der Waals surface area contributed by atoms with Crippen LogP contribution in [0.4, 0.5) is 5.82 Å². The number of aromatic nitrogens is 2. The highest BCUT2D eigenvalue weighted by Gasteiger charge is 2.09. The van der Waals surface area contributed by atoms with Gasteiger partial charge in [-0.05, 0) is 32.4 Å². The molecule has 0 aromatic carbocycles. The van der Waals surface area contributed by atoms with Crippen LogP contribution in [0.2, 0.25) is 0 Å². The number of aryl methyl sites for hydroxylation is 1. The second-order valence-corrected chi connectivity index (χ2v) is 3.92. The molecule has 1 rings (SSSR count). The normalized spacial score (nSPS) is 10.0. The van der Waals surface area contributed by atoms with E-state index in [0.717, 1.165) is 37.3 Å². The Morgan fingerprint density at radius 2 is 1.94 bits per heavy atom. The van der Waals surface area contributed by atoms with Crippen molar-refractivity contribution < 1.29 is 0 Å². The van der Waals surface area contributed by atoms with Crippen LogP contribution in [0.25, 0.3) is 0 Å². The molecule has 1 heterocycles. The van der Waals surface area contributed by atoms with E-state index in [4.69, 9.17) is 5.26 Å². The second kappa shape index (κ2) is 6.81. The third kappa shape index (κ3) is 3.68. The summed E-state index contributed by atoms with van der Waals surface area (Å²) in [5.41, 5.74) is 2.29. The summed E-state index contributed by atoms with van der Waals surface area (Å²) in [4.78, 5) is 0. The molecule has 0 radical (unpaired) electrons. The number of nitriles is 1. The number of nitrogens with zero attached hydrogens (tertiary/aromatic N) is 3. The standard InChI is InChI=1S/C12H19N5/c1-4-5-14-6-7-15-12-11(8-13)9(2)10(3)16-17-12/h14H,4-7H2,1-3H3,(H,15,17). The minimum atomic E-state index is 0.578. The van der Waals surface area contributed by atoms with Crippen molar-refractivity contribution in [1.82, 2.24) is 15.5 Å². The van der Waals surface area contributed by atoms with E-state index in [1.54, 1.807) is 0 Å². The molecule has 17 heavy (non-hydrogen) atoms. The summed E-state index contributed by atoms with van der Waals surface area (Å²) in [7, 11) is 0. The van der Waals surface area contributed by atoms with Crippen LogP contribution in [0.5, 0.6) is 0 Å². The van der Waals surface area contributed by atoms with E-state index in [0.29, 0.717) is 11.4 Å². The molecule has 0 spiro atoms. The average molecular weight is 233 g/mol. The van der Waals surface area contributed by atoms with Crippen LogP contribution >= 0.6 is 0 Å². The van der Waals surface area contributed by atoms with Crippen LogP contribution in [0.1, 0.15) is 30.2 Å². The molecular weight excluding hydrogens is 214 g/mol. The van der Waals surface area contributed by atoms with Crippen molar-refractivity contribution in [2.75, 3.05) is 25.0 Å². The molecule has 5 heteroatoms. The molecule has 2 N–H and O–H groups in total. The Kier molecular flexibility index (Phi) is 5.37. The van der Waals surface area contributed by atoms with Gasteiger partial charge in [0.1, 0.15) is 11.6 Å². The summed E-state index contributed by atoms with van der Waals surface area (Å²) >= 11 is 0. The Morgan fingerprint density at radius 1 is 1.18 bits per heavy atom. The van der Waals surface area contributed by atoms with Crippen LogP contribution < -0.4 is 10.6 Å². The highest BCUT2D eigenvalue weighted by molar-refractivity contribution is 5.55. The lowest BCUT2D eigenvalue weighted by atomic mass is 10.1. The first-order valence-electron chi connectivity index (χ1n) is 5.89. The van der Waals surface area contributed by atoms with E-state index in [2.05, 4.69) is 33.8 Å². The maximum Gasteiger partial charge on any atom is 0.166 e. The maximum atomic E-state index is 9.09. The summed E-state index contributed by atoms with van der Waals surface area (Å²) in [6, 6.07) is 2.17. The van der Waals surface area contributed by atoms with Crippen LogP contribution in [-0.2, 0) is 0 Å². The summed E-state index contributed by atoms with van der Waals surface area (Å²) < 4.78 is 0. The van der Waals surface area contributed by atoms with Crippen molar-refractivity contribution in [3.05, 3.63) is 16.8 Å². The fourth-order valence-corrected chi connectivity index (χ4v) is 1.44. The highest BCUT2D eigenvalue weighted by Crippen LogP contribution is 2.16. The van der Waals surface area contributed by atoms with Gasteiger partial charge in [0.25, 0.3) is 0 Å². The van der Waals surface area contributed by atoms with E-state index in [-0.39, 0.29) is 0 Å². The van der Waals surface area contributed by atoms with Gasteiger partial charge in [0.15, 0.2) is 5.82 Å². The summed E-state index contributed by atoms with van der Waals surface area (Å²) in [5, 5.41) is 23.5. The lowest BCUT2D eigenvalue weighted by Gasteiger charge is -2.09. The van der Waals surface area contributed by atoms with Gasteiger partial charge in [0.05, 0.1) is 5.69 Å². The van der Waals surface area contributed by atoms with Crippen molar-refractivity contribution >= 4 is 5.82 Å². The minimum Gasteiger partial charge on any atom is -0.366 e. The number of hydrogen-bond donors (Lipinski definition) is 2. The lowest BCUT2D eigenvalue weighted by molar-refractivity contribution is 0.686. The first kappa shape index (κ1) is 13.4. The fourth-order valence-electron chi connectivity index (χ4n) is 1.44. The monoisotopic (exact) mass is 233 g/mol. The number of nitrogens with one attached hydrogen (secondary N) is 2. The third-order valence-corrected chi connectivity index (χ3v) is 2.59. The molecule has 0 bridgehead atoms. The molecule has 0 amide bonds. The molecule has 92 valence electrons. The van der Waals surface area contributed by atoms with Gasteiger partial charge in [-0.15, -0.1) is 5.10 Å². The fraction of sp³-hybridized carbons (Fsp3) is 0.583. The molecule has 0 saturated carbocycles. The largest absolute Gasteiger partial charge is 0.366 e. The van der Waals surface area contributed by atoms with Crippen LogP contribution in [0.3, 0.4) is 0 Å². The number of rotatable bonds is 6. The molecule has 0 aliphatic heterocycles. The quantitative estimate of drug-likeness (QED) is 0.726. The van der Waals surface area contributed by atoms with Crippen molar-refractivity contribution in [2.24, 2.45) is 0 Å². The third-order valence-electron chi connectivity index (χ3n) is 2.59. The second-order valence-electron chi connectivity index (χ2n) is 3.92. The summed E-state index contributed by atoms with van der Waals surface area (Å²) in [6.07, 6.45) is 1.12. The molecule has 0 atom stereocenters. The Balaban J connectivity index is 2.60. The molecule has 0 aliphatic rings. The van der Waals surface area contributed by atoms with Crippen LogP contribution in [0, 0.1) is 25.2 Å². The minimum absolute atomic E-state index is 0.578. The van der Waals surface area contributed by atoms with Crippen molar-refractivity contribution in [3.63, 3.8) is 0 Å². The molecule has 0 unspecified atom stereocenters. The molecule has 1 aromatic rings. The van der Waals surface area contributed by atoms with Gasteiger partial charge in [-0.2, -0.15) is 10.4 Å². The SMILES string of the molecule is CCCNCCNc1nnc(C)c(C)c1C#N. The average Bonchev–Trinajstić information content (AvgIpc) is 2.33. The van der Waals surface area contributed by atoms with E-state index in [1.165, 1.54) is 0 Å². The van der Waals surface area contributed by atoms with Gasteiger partial charge in [-0.1, -0.05) is 6.92 Å². The zero-order chi connectivity index (χ0) is 12.7. The van der Waals surface area contributed by atoms with Gasteiger partial charge in [0.2, 0.25) is 0 Å². The zero-order valence-electron chi connectivity index (χ0n) is 10.7. The number of anilines is 1. The van der Waals surface area contributed by atoms with Gasteiger partial charge < -0.3 is 10.6 Å². The van der Waals surface area contributed by atoms with E-state index < -0.39 is 0 Å². The smallest absolute Gasteiger partial charge is 0.166 e. The molecule has 0 saturated heterocycles. The van der Waals surface area contributed by atoms with Crippen molar-refractivity contribution in [3.8, 4) is 6.07 Å². The van der Waals surface area contributed by atoms with Crippen molar-refractivity contribution in [2.45, 2.75) is 27.2 Å². The molecule has 1 aromatic heterocycles. The van der Waals surface area contributed by atoms with Gasteiger partial charge >= 0.3 is 0 Å². The van der Waals surface area contributed by atoms with E-state index >= 15 is 0 Å². The maximum absolute atomic E-state index is 9.09. The lowest BCUT2D eigenvalue weighted by Crippen LogP contribution is -2.23. The summed E-state index contributed by atoms with van der Waals surface area (Å²) in [5.74, 6) is 0.578. The zero-order valence-corrected chi connectivity index (χ0v) is 10.7. The Hall–Kier alpha value is -1.67. The van der Waals surface area contributed by atoms with Gasteiger partial charge in [-0.3, -0.25) is 0 Å². The predicted molar refractivity (Wildman–Crippen MR) is 67.9 cm³/mol. The first-order chi connectivity index (χ1) is 8.20. The van der Waals surface area contributed by atoms with Crippen molar-refractivity contribution in [1.29, 1.82) is 5.26 Å². The van der Waals surface area contributed by atoms with Gasteiger partial charge in [-0.25, -0.2) is 0 Å². The van der Waals surface area contributed by atoms with Crippen LogP contribution in [0.15, 0.2) is 0 Å². The Bertz CT molecular complexity index is 408. The first-order valence-corrected chi connectivity index (χ1v) is 5.89. The highest BCUT2D eigenvalue weighted by atomic mass is 15.2.